The summed E-state index contributed by atoms with van der Waals surface area (Å²) in [4.78, 5) is 0. The number of hydrogen-bond acceptors (Lipinski definition) is 4. The van der Waals surface area contributed by atoms with Gasteiger partial charge in [0, 0.05) is 12.7 Å². The molecule has 17 heavy (non-hydrogen) atoms. The number of aromatic nitrogens is 2. The Balaban J connectivity index is 2.25. The van der Waals surface area contributed by atoms with Gasteiger partial charge in [-0.15, -0.1) is 0 Å². The van der Waals surface area contributed by atoms with Crippen LogP contribution in [0.3, 0.4) is 0 Å². The molecule has 1 aromatic heterocycles. The average molecular weight is 260 g/mol. The van der Waals surface area contributed by atoms with E-state index in [0.717, 1.165) is 5.56 Å². The van der Waals surface area contributed by atoms with E-state index in [1.54, 1.807) is 17.9 Å². The Morgan fingerprint density at radius 2 is 2.18 bits per heavy atom. The molecule has 0 aliphatic rings. The summed E-state index contributed by atoms with van der Waals surface area (Å²) in [6.45, 7) is 3.59. The van der Waals surface area contributed by atoms with Crippen LogP contribution in [0.25, 0.3) is 0 Å². The molecule has 2 N–H and O–H groups in total. The molecule has 1 aromatic rings. The molecule has 0 aliphatic carbocycles. The Labute approximate surface area is 102 Å². The summed E-state index contributed by atoms with van der Waals surface area (Å²) in [7, 11) is -1.34. The Morgan fingerprint density at radius 3 is 2.76 bits per heavy atom. The van der Waals surface area contributed by atoms with Gasteiger partial charge in [0.1, 0.15) is 0 Å². The molecule has 1 rings (SSSR count). The maximum atomic E-state index is 11.5. The zero-order valence-electron chi connectivity index (χ0n) is 10.3. The molecular weight excluding hydrogens is 240 g/mol. The van der Waals surface area contributed by atoms with Gasteiger partial charge in [0.15, 0.2) is 0 Å². The number of rotatable bonds is 8. The topological polar surface area (TPSA) is 76.0 Å². The lowest BCUT2D eigenvalue weighted by Crippen LogP contribution is -2.30. The van der Waals surface area contributed by atoms with Crippen LogP contribution >= 0.6 is 0 Å². The first kappa shape index (κ1) is 14.1. The molecule has 0 bridgehead atoms. The second-order valence-electron chi connectivity index (χ2n) is 3.95. The highest BCUT2D eigenvalue weighted by molar-refractivity contribution is 7.89. The maximum absolute atomic E-state index is 11.5. The van der Waals surface area contributed by atoms with Crippen molar-refractivity contribution in [1.82, 2.24) is 19.8 Å². The number of sulfonamides is 1. The molecule has 0 saturated carbocycles. The monoisotopic (exact) mass is 260 g/mol. The second kappa shape index (κ2) is 6.73. The lowest BCUT2D eigenvalue weighted by Gasteiger charge is -2.06. The van der Waals surface area contributed by atoms with Crippen LogP contribution in [0.15, 0.2) is 12.4 Å². The third kappa shape index (κ3) is 5.81. The Hall–Kier alpha value is -0.920. The molecule has 0 aromatic carbocycles. The van der Waals surface area contributed by atoms with Gasteiger partial charge in [0.05, 0.1) is 18.5 Å². The van der Waals surface area contributed by atoms with E-state index >= 15 is 0 Å². The van der Waals surface area contributed by atoms with Crippen LogP contribution < -0.4 is 10.0 Å². The van der Waals surface area contributed by atoms with Gasteiger partial charge in [-0.3, -0.25) is 4.68 Å². The largest absolute Gasteiger partial charge is 0.320 e. The van der Waals surface area contributed by atoms with Crippen molar-refractivity contribution in [2.24, 2.45) is 0 Å². The van der Waals surface area contributed by atoms with Gasteiger partial charge in [-0.1, -0.05) is 0 Å². The molecule has 7 heteroatoms. The molecule has 0 radical (unpaired) electrons. The fourth-order valence-electron chi connectivity index (χ4n) is 1.42. The summed E-state index contributed by atoms with van der Waals surface area (Å²) >= 11 is 0. The molecular formula is C10H20N4O2S. The molecule has 6 nitrogen and oxygen atoms in total. The van der Waals surface area contributed by atoms with Crippen LogP contribution in [-0.4, -0.2) is 44.1 Å². The van der Waals surface area contributed by atoms with E-state index in [4.69, 9.17) is 0 Å². The van der Waals surface area contributed by atoms with Crippen LogP contribution in [0.1, 0.15) is 12.0 Å². The van der Waals surface area contributed by atoms with Crippen molar-refractivity contribution in [3.05, 3.63) is 18.0 Å². The minimum absolute atomic E-state index is 0.159. The lowest BCUT2D eigenvalue weighted by molar-refractivity contribution is 0.558. The van der Waals surface area contributed by atoms with Crippen molar-refractivity contribution in [3.63, 3.8) is 0 Å². The molecule has 0 spiro atoms. The summed E-state index contributed by atoms with van der Waals surface area (Å²) < 4.78 is 27.4. The summed E-state index contributed by atoms with van der Waals surface area (Å²) in [5.74, 6) is 0.159. The van der Waals surface area contributed by atoms with Gasteiger partial charge in [-0.05, 0) is 32.5 Å². The predicted molar refractivity (Wildman–Crippen MR) is 67.3 cm³/mol. The standard InChI is InChI=1S/C10H20N4O2S/c1-10-8-12-14(9-10)6-5-13-17(15,16)7-3-4-11-2/h8-9,11,13H,3-7H2,1-2H3. The summed E-state index contributed by atoms with van der Waals surface area (Å²) in [6, 6.07) is 0. The van der Waals surface area contributed by atoms with Gasteiger partial charge in [0.2, 0.25) is 10.0 Å². The van der Waals surface area contributed by atoms with Crippen LogP contribution in [0.5, 0.6) is 0 Å². The van der Waals surface area contributed by atoms with E-state index in [1.807, 2.05) is 13.1 Å². The second-order valence-corrected chi connectivity index (χ2v) is 5.88. The molecule has 1 heterocycles. The summed E-state index contributed by atoms with van der Waals surface area (Å²) in [5, 5.41) is 7.00. The van der Waals surface area contributed by atoms with Crippen LogP contribution in [0.4, 0.5) is 0 Å². The lowest BCUT2D eigenvalue weighted by atomic mass is 10.4. The third-order valence-corrected chi connectivity index (χ3v) is 3.74. The molecule has 0 atom stereocenters. The zero-order chi connectivity index (χ0) is 12.7. The Kier molecular flexibility index (Phi) is 5.60. The summed E-state index contributed by atoms with van der Waals surface area (Å²) in [6.07, 6.45) is 4.25. The average Bonchev–Trinajstić information content (AvgIpc) is 2.64. The van der Waals surface area contributed by atoms with Gasteiger partial charge in [-0.25, -0.2) is 13.1 Å². The fraction of sp³-hybridized carbons (Fsp3) is 0.700. The molecule has 0 aliphatic heterocycles. The van der Waals surface area contributed by atoms with Gasteiger partial charge in [0.25, 0.3) is 0 Å². The van der Waals surface area contributed by atoms with Crippen molar-refractivity contribution in [1.29, 1.82) is 0 Å². The van der Waals surface area contributed by atoms with E-state index < -0.39 is 10.0 Å². The van der Waals surface area contributed by atoms with E-state index in [1.165, 1.54) is 0 Å². The highest BCUT2D eigenvalue weighted by atomic mass is 32.2. The molecule has 0 saturated heterocycles. The summed E-state index contributed by atoms with van der Waals surface area (Å²) in [5.41, 5.74) is 1.07. The minimum atomic E-state index is -3.15. The molecule has 98 valence electrons. The van der Waals surface area contributed by atoms with Crippen molar-refractivity contribution in [3.8, 4) is 0 Å². The molecule has 0 unspecified atom stereocenters. The van der Waals surface area contributed by atoms with E-state index in [-0.39, 0.29) is 5.75 Å². The van der Waals surface area contributed by atoms with Gasteiger partial charge < -0.3 is 5.32 Å². The van der Waals surface area contributed by atoms with Gasteiger partial charge in [-0.2, -0.15) is 5.10 Å². The van der Waals surface area contributed by atoms with Crippen molar-refractivity contribution >= 4 is 10.0 Å². The number of nitrogens with one attached hydrogen (secondary N) is 2. The molecule has 0 fully saturated rings. The maximum Gasteiger partial charge on any atom is 0.211 e. The quantitative estimate of drug-likeness (QED) is 0.630. The first-order valence-corrected chi connectivity index (χ1v) is 7.30. The minimum Gasteiger partial charge on any atom is -0.320 e. The van der Waals surface area contributed by atoms with Crippen LogP contribution in [0, 0.1) is 6.92 Å². The SMILES string of the molecule is CNCCCS(=O)(=O)NCCn1cc(C)cn1. The normalized spacial score (nSPS) is 11.9. The highest BCUT2D eigenvalue weighted by Gasteiger charge is 2.08. The predicted octanol–water partition coefficient (Wildman–Crippen LogP) is -0.280. The first-order chi connectivity index (χ1) is 8.03. The number of hydrogen-bond donors (Lipinski definition) is 2. The van der Waals surface area contributed by atoms with E-state index in [0.29, 0.717) is 26.1 Å². The fourth-order valence-corrected chi connectivity index (χ4v) is 2.49. The molecule has 0 amide bonds. The van der Waals surface area contributed by atoms with E-state index in [9.17, 15) is 8.42 Å². The van der Waals surface area contributed by atoms with Crippen molar-refractivity contribution in [2.75, 3.05) is 25.9 Å². The van der Waals surface area contributed by atoms with Crippen molar-refractivity contribution in [2.45, 2.75) is 19.9 Å². The number of nitrogens with zero attached hydrogens (tertiary/aromatic N) is 2. The third-order valence-electron chi connectivity index (χ3n) is 2.27. The first-order valence-electron chi connectivity index (χ1n) is 5.64. The highest BCUT2D eigenvalue weighted by Crippen LogP contribution is 1.94. The smallest absolute Gasteiger partial charge is 0.211 e. The van der Waals surface area contributed by atoms with Gasteiger partial charge >= 0.3 is 0 Å². The Bertz CT molecular complexity index is 427. The van der Waals surface area contributed by atoms with Crippen molar-refractivity contribution < 1.29 is 8.42 Å². The number of aryl methyl sites for hydroxylation is 1. The van der Waals surface area contributed by atoms with E-state index in [2.05, 4.69) is 15.1 Å². The zero-order valence-corrected chi connectivity index (χ0v) is 11.1. The van der Waals surface area contributed by atoms with Crippen LogP contribution in [-0.2, 0) is 16.6 Å². The Morgan fingerprint density at radius 1 is 1.41 bits per heavy atom. The van der Waals surface area contributed by atoms with Crippen LogP contribution in [0.2, 0.25) is 0 Å².